The molecule has 1 aliphatic heterocycles. The standard InChI is InChI=1S/C24H26N4O3/c1-15(2)9-11-28-12-10-16-13-17(7-8-21(16)28)25-22(29)14-20-24(31)26-19-6-4-3-5-18(19)23(30)27-20/h3-8,10,12-13,15,20H,9,11,14H2,1-2H3,(H,25,29)(H,26,31)(H,27,30)/t20-/m0/s1. The van der Waals surface area contributed by atoms with Gasteiger partial charge in [0.2, 0.25) is 11.8 Å². The Hall–Kier alpha value is -3.61. The van der Waals surface area contributed by atoms with Gasteiger partial charge in [0, 0.05) is 29.3 Å². The summed E-state index contributed by atoms with van der Waals surface area (Å²) in [7, 11) is 0. The number of anilines is 2. The zero-order valence-corrected chi connectivity index (χ0v) is 17.6. The Labute approximate surface area is 180 Å². The van der Waals surface area contributed by atoms with Gasteiger partial charge in [-0.2, -0.15) is 0 Å². The molecule has 0 aliphatic carbocycles. The summed E-state index contributed by atoms with van der Waals surface area (Å²) in [6.07, 6.45) is 3.00. The van der Waals surface area contributed by atoms with Crippen molar-refractivity contribution in [2.45, 2.75) is 39.3 Å². The van der Waals surface area contributed by atoms with Gasteiger partial charge in [-0.05, 0) is 48.7 Å². The van der Waals surface area contributed by atoms with Crippen molar-refractivity contribution in [1.29, 1.82) is 0 Å². The van der Waals surface area contributed by atoms with E-state index in [4.69, 9.17) is 0 Å². The molecule has 1 aliphatic rings. The van der Waals surface area contributed by atoms with E-state index in [1.165, 1.54) is 0 Å². The van der Waals surface area contributed by atoms with Crippen LogP contribution in [-0.2, 0) is 16.1 Å². The smallest absolute Gasteiger partial charge is 0.254 e. The largest absolute Gasteiger partial charge is 0.347 e. The molecule has 0 radical (unpaired) electrons. The van der Waals surface area contributed by atoms with Gasteiger partial charge in [-0.15, -0.1) is 0 Å². The van der Waals surface area contributed by atoms with Gasteiger partial charge in [0.15, 0.2) is 0 Å². The van der Waals surface area contributed by atoms with Crippen molar-refractivity contribution in [3.05, 3.63) is 60.3 Å². The van der Waals surface area contributed by atoms with Crippen molar-refractivity contribution in [3.63, 3.8) is 0 Å². The van der Waals surface area contributed by atoms with E-state index in [-0.39, 0.29) is 18.2 Å². The molecule has 31 heavy (non-hydrogen) atoms. The number of aryl methyl sites for hydroxylation is 1. The maximum Gasteiger partial charge on any atom is 0.254 e. The first-order valence-electron chi connectivity index (χ1n) is 10.5. The summed E-state index contributed by atoms with van der Waals surface area (Å²) in [5.74, 6) is -0.502. The highest BCUT2D eigenvalue weighted by atomic mass is 16.2. The second-order valence-electron chi connectivity index (χ2n) is 8.28. The van der Waals surface area contributed by atoms with E-state index in [0.29, 0.717) is 22.9 Å². The predicted octanol–water partition coefficient (Wildman–Crippen LogP) is 3.77. The third kappa shape index (κ3) is 4.60. The monoisotopic (exact) mass is 418 g/mol. The molecule has 0 unspecified atom stereocenters. The zero-order valence-electron chi connectivity index (χ0n) is 17.6. The van der Waals surface area contributed by atoms with E-state index in [2.05, 4.69) is 40.6 Å². The van der Waals surface area contributed by atoms with Gasteiger partial charge in [0.1, 0.15) is 6.04 Å². The molecule has 0 spiro atoms. The van der Waals surface area contributed by atoms with Crippen LogP contribution in [0, 0.1) is 5.92 Å². The topological polar surface area (TPSA) is 92.2 Å². The number of nitrogens with one attached hydrogen (secondary N) is 3. The van der Waals surface area contributed by atoms with E-state index >= 15 is 0 Å². The highest BCUT2D eigenvalue weighted by Gasteiger charge is 2.29. The Bertz CT molecular complexity index is 1150. The van der Waals surface area contributed by atoms with Crippen LogP contribution in [0.2, 0.25) is 0 Å². The van der Waals surface area contributed by atoms with Crippen LogP contribution in [0.4, 0.5) is 11.4 Å². The molecule has 1 aromatic heterocycles. The predicted molar refractivity (Wildman–Crippen MR) is 121 cm³/mol. The lowest BCUT2D eigenvalue weighted by Gasteiger charge is -2.14. The fourth-order valence-corrected chi connectivity index (χ4v) is 3.72. The van der Waals surface area contributed by atoms with E-state index in [1.54, 1.807) is 24.3 Å². The van der Waals surface area contributed by atoms with E-state index in [0.717, 1.165) is 23.9 Å². The second kappa shape index (κ2) is 8.63. The van der Waals surface area contributed by atoms with Gasteiger partial charge >= 0.3 is 0 Å². The lowest BCUT2D eigenvalue weighted by Crippen LogP contribution is -2.43. The fourth-order valence-electron chi connectivity index (χ4n) is 3.72. The maximum atomic E-state index is 12.6. The normalized spacial score (nSPS) is 15.9. The Morgan fingerprint density at radius 3 is 2.74 bits per heavy atom. The number of hydrogen-bond donors (Lipinski definition) is 3. The van der Waals surface area contributed by atoms with Gasteiger partial charge in [-0.1, -0.05) is 26.0 Å². The molecule has 3 amide bonds. The molecule has 2 heterocycles. The number of fused-ring (bicyclic) bond motifs is 2. The highest BCUT2D eigenvalue weighted by Crippen LogP contribution is 2.22. The third-order valence-corrected chi connectivity index (χ3v) is 5.44. The first-order valence-corrected chi connectivity index (χ1v) is 10.5. The number of carbonyl (C=O) groups is 3. The van der Waals surface area contributed by atoms with Gasteiger partial charge in [-0.25, -0.2) is 0 Å². The number of hydrogen-bond acceptors (Lipinski definition) is 3. The molecule has 0 saturated carbocycles. The molecule has 4 rings (SSSR count). The van der Waals surface area contributed by atoms with Crippen molar-refractivity contribution in [2.24, 2.45) is 5.92 Å². The van der Waals surface area contributed by atoms with Crippen LogP contribution in [0.1, 0.15) is 37.0 Å². The minimum Gasteiger partial charge on any atom is -0.347 e. The average molecular weight is 418 g/mol. The minimum absolute atomic E-state index is 0.154. The molecule has 0 saturated heterocycles. The van der Waals surface area contributed by atoms with Crippen LogP contribution in [0.3, 0.4) is 0 Å². The van der Waals surface area contributed by atoms with Crippen molar-refractivity contribution in [2.75, 3.05) is 10.6 Å². The van der Waals surface area contributed by atoms with Crippen molar-refractivity contribution >= 4 is 40.0 Å². The molecular formula is C24H26N4O3. The van der Waals surface area contributed by atoms with E-state index in [9.17, 15) is 14.4 Å². The summed E-state index contributed by atoms with van der Waals surface area (Å²) >= 11 is 0. The quantitative estimate of drug-likeness (QED) is 0.569. The second-order valence-corrected chi connectivity index (χ2v) is 8.28. The fraction of sp³-hybridized carbons (Fsp3) is 0.292. The van der Waals surface area contributed by atoms with Gasteiger partial charge in [0.25, 0.3) is 5.91 Å². The summed E-state index contributed by atoms with van der Waals surface area (Å²) in [5, 5.41) is 9.23. The van der Waals surface area contributed by atoms with Crippen LogP contribution < -0.4 is 16.0 Å². The maximum absolute atomic E-state index is 12.6. The molecule has 3 N–H and O–H groups in total. The van der Waals surface area contributed by atoms with Crippen molar-refractivity contribution < 1.29 is 14.4 Å². The van der Waals surface area contributed by atoms with Gasteiger partial charge in [-0.3, -0.25) is 14.4 Å². The zero-order chi connectivity index (χ0) is 22.0. The number of amides is 3. The summed E-state index contributed by atoms with van der Waals surface area (Å²) < 4.78 is 2.21. The SMILES string of the molecule is CC(C)CCn1ccc2cc(NC(=O)C[C@@H]3NC(=O)c4ccccc4NC3=O)ccc21. The Balaban J connectivity index is 1.42. The molecule has 0 fully saturated rings. The first-order chi connectivity index (χ1) is 14.9. The number of benzene rings is 2. The molecule has 7 nitrogen and oxygen atoms in total. The average Bonchev–Trinajstić information content (AvgIpc) is 3.09. The summed E-state index contributed by atoms with van der Waals surface area (Å²) in [4.78, 5) is 37.5. The lowest BCUT2D eigenvalue weighted by molar-refractivity contribution is -0.122. The molecule has 1 atom stereocenters. The van der Waals surface area contributed by atoms with Gasteiger partial charge < -0.3 is 20.5 Å². The lowest BCUT2D eigenvalue weighted by atomic mass is 10.1. The Kier molecular flexibility index (Phi) is 5.75. The Morgan fingerprint density at radius 2 is 1.94 bits per heavy atom. The highest BCUT2D eigenvalue weighted by molar-refractivity contribution is 6.11. The van der Waals surface area contributed by atoms with Crippen LogP contribution in [0.25, 0.3) is 10.9 Å². The number of nitrogens with zero attached hydrogens (tertiary/aromatic N) is 1. The summed E-state index contributed by atoms with van der Waals surface area (Å²) in [5.41, 5.74) is 2.60. The molecule has 7 heteroatoms. The van der Waals surface area contributed by atoms with Crippen LogP contribution in [0.5, 0.6) is 0 Å². The number of para-hydroxylation sites is 1. The van der Waals surface area contributed by atoms with Crippen LogP contribution in [0.15, 0.2) is 54.7 Å². The van der Waals surface area contributed by atoms with Crippen molar-refractivity contribution in [1.82, 2.24) is 9.88 Å². The number of aromatic nitrogens is 1. The van der Waals surface area contributed by atoms with Gasteiger partial charge in [0.05, 0.1) is 17.7 Å². The summed E-state index contributed by atoms with van der Waals surface area (Å²) in [6.45, 7) is 5.36. The number of rotatable bonds is 6. The van der Waals surface area contributed by atoms with Crippen LogP contribution >= 0.6 is 0 Å². The molecule has 160 valence electrons. The van der Waals surface area contributed by atoms with Crippen molar-refractivity contribution in [3.8, 4) is 0 Å². The van der Waals surface area contributed by atoms with E-state index in [1.807, 2.05) is 24.3 Å². The Morgan fingerprint density at radius 1 is 1.13 bits per heavy atom. The van der Waals surface area contributed by atoms with E-state index < -0.39 is 11.9 Å². The minimum atomic E-state index is -0.944. The molecule has 3 aromatic rings. The molecule has 0 bridgehead atoms. The molecule has 2 aromatic carbocycles. The number of carbonyl (C=O) groups excluding carboxylic acids is 3. The van der Waals surface area contributed by atoms with Crippen LogP contribution in [-0.4, -0.2) is 28.3 Å². The molecular weight excluding hydrogens is 392 g/mol. The first kappa shape index (κ1) is 20.7. The third-order valence-electron chi connectivity index (χ3n) is 5.44. The summed E-state index contributed by atoms with van der Waals surface area (Å²) in [6, 6.07) is 13.6.